The molecule has 1 rings (SSSR count). The largest absolute Gasteiger partial charge is 0.399 e. The van der Waals surface area contributed by atoms with E-state index in [4.69, 9.17) is 5.73 Å². The van der Waals surface area contributed by atoms with E-state index in [2.05, 4.69) is 4.72 Å². The van der Waals surface area contributed by atoms with Gasteiger partial charge in [-0.1, -0.05) is 26.0 Å². The van der Waals surface area contributed by atoms with E-state index in [9.17, 15) is 8.42 Å². The lowest BCUT2D eigenvalue weighted by atomic mass is 10.1. The molecule has 0 heterocycles. The number of hydrogen-bond acceptors (Lipinski definition) is 3. The monoisotopic (exact) mass is 270 g/mol. The minimum Gasteiger partial charge on any atom is -0.399 e. The first-order valence-corrected chi connectivity index (χ1v) is 7.81. The van der Waals surface area contributed by atoms with Gasteiger partial charge in [0.1, 0.15) is 0 Å². The van der Waals surface area contributed by atoms with Gasteiger partial charge in [-0.15, -0.1) is 0 Å². The van der Waals surface area contributed by atoms with E-state index in [1.165, 1.54) is 0 Å². The Morgan fingerprint density at radius 1 is 1.17 bits per heavy atom. The molecular weight excluding hydrogens is 248 g/mol. The van der Waals surface area contributed by atoms with E-state index >= 15 is 0 Å². The van der Waals surface area contributed by atoms with E-state index in [1.807, 2.05) is 32.9 Å². The Morgan fingerprint density at radius 3 is 2.22 bits per heavy atom. The molecule has 0 saturated carbocycles. The van der Waals surface area contributed by atoms with Crippen molar-refractivity contribution in [3.05, 3.63) is 29.8 Å². The molecule has 0 aromatic heterocycles. The number of benzene rings is 1. The van der Waals surface area contributed by atoms with Gasteiger partial charge >= 0.3 is 0 Å². The second kappa shape index (κ2) is 6.20. The van der Waals surface area contributed by atoms with E-state index in [-0.39, 0.29) is 11.8 Å². The third-order valence-corrected chi connectivity index (χ3v) is 4.24. The SMILES string of the molecule is CC(C)CCS(=O)(=O)NC(C)c1ccc(N)cc1. The third-order valence-electron chi connectivity index (χ3n) is 2.76. The van der Waals surface area contributed by atoms with Gasteiger partial charge in [0, 0.05) is 11.7 Å². The van der Waals surface area contributed by atoms with Crippen LogP contribution in [0, 0.1) is 5.92 Å². The van der Waals surface area contributed by atoms with Crippen LogP contribution >= 0.6 is 0 Å². The van der Waals surface area contributed by atoms with Gasteiger partial charge in [-0.25, -0.2) is 13.1 Å². The summed E-state index contributed by atoms with van der Waals surface area (Å²) in [6, 6.07) is 6.99. The summed E-state index contributed by atoms with van der Waals surface area (Å²) in [4.78, 5) is 0. The molecule has 5 heteroatoms. The molecule has 0 bridgehead atoms. The van der Waals surface area contributed by atoms with Crippen LogP contribution in [0.25, 0.3) is 0 Å². The highest BCUT2D eigenvalue weighted by atomic mass is 32.2. The summed E-state index contributed by atoms with van der Waals surface area (Å²) < 4.78 is 26.4. The zero-order valence-corrected chi connectivity index (χ0v) is 12.0. The second-order valence-electron chi connectivity index (χ2n) is 5.01. The zero-order valence-electron chi connectivity index (χ0n) is 11.2. The van der Waals surface area contributed by atoms with Crippen LogP contribution in [0.5, 0.6) is 0 Å². The summed E-state index contributed by atoms with van der Waals surface area (Å²) in [5.41, 5.74) is 7.19. The Bertz CT molecular complexity index is 466. The first-order valence-electron chi connectivity index (χ1n) is 6.15. The lowest BCUT2D eigenvalue weighted by Crippen LogP contribution is -2.29. The minimum atomic E-state index is -3.22. The quantitative estimate of drug-likeness (QED) is 0.779. The Kier molecular flexibility index (Phi) is 5.16. The van der Waals surface area contributed by atoms with Gasteiger partial charge in [-0.3, -0.25) is 0 Å². The highest BCUT2D eigenvalue weighted by Gasteiger charge is 2.16. The standard InChI is InChI=1S/C13H22N2O2S/c1-10(2)8-9-18(16,17)15-11(3)12-4-6-13(14)7-5-12/h4-7,10-11,15H,8-9,14H2,1-3H3. The van der Waals surface area contributed by atoms with Crippen LogP contribution in [0.3, 0.4) is 0 Å². The summed E-state index contributed by atoms with van der Waals surface area (Å²) in [6.45, 7) is 5.86. The first kappa shape index (κ1) is 15.0. The fourth-order valence-electron chi connectivity index (χ4n) is 1.57. The second-order valence-corrected chi connectivity index (χ2v) is 6.88. The zero-order chi connectivity index (χ0) is 13.8. The molecule has 1 aromatic rings. The normalized spacial score (nSPS) is 13.8. The summed E-state index contributed by atoms with van der Waals surface area (Å²) in [6.07, 6.45) is 0.670. The van der Waals surface area contributed by atoms with Crippen molar-refractivity contribution in [1.82, 2.24) is 4.72 Å². The smallest absolute Gasteiger partial charge is 0.212 e. The van der Waals surface area contributed by atoms with Crippen LogP contribution in [-0.4, -0.2) is 14.2 Å². The van der Waals surface area contributed by atoms with Crippen molar-refractivity contribution in [2.75, 3.05) is 11.5 Å². The molecule has 0 aliphatic heterocycles. The summed E-state index contributed by atoms with van der Waals surface area (Å²) >= 11 is 0. The predicted molar refractivity (Wildman–Crippen MR) is 75.6 cm³/mol. The van der Waals surface area contributed by atoms with Crippen molar-refractivity contribution < 1.29 is 8.42 Å². The van der Waals surface area contributed by atoms with Crippen molar-refractivity contribution in [2.24, 2.45) is 5.92 Å². The molecule has 1 atom stereocenters. The lowest BCUT2D eigenvalue weighted by molar-refractivity contribution is 0.550. The Morgan fingerprint density at radius 2 is 1.72 bits per heavy atom. The average molecular weight is 270 g/mol. The Balaban J connectivity index is 2.63. The minimum absolute atomic E-state index is 0.171. The number of sulfonamides is 1. The van der Waals surface area contributed by atoms with Gasteiger partial charge < -0.3 is 5.73 Å². The van der Waals surface area contributed by atoms with Gasteiger partial charge in [0.15, 0.2) is 0 Å². The van der Waals surface area contributed by atoms with Gasteiger partial charge in [0.25, 0.3) is 0 Å². The number of anilines is 1. The number of hydrogen-bond donors (Lipinski definition) is 2. The maximum atomic E-state index is 11.8. The fourth-order valence-corrected chi connectivity index (χ4v) is 3.15. The number of rotatable bonds is 6. The summed E-state index contributed by atoms with van der Waals surface area (Å²) in [7, 11) is -3.22. The molecular formula is C13H22N2O2S. The lowest BCUT2D eigenvalue weighted by Gasteiger charge is -2.15. The van der Waals surface area contributed by atoms with Crippen LogP contribution in [0.1, 0.15) is 38.8 Å². The molecule has 1 unspecified atom stereocenters. The van der Waals surface area contributed by atoms with Gasteiger partial charge in [0.2, 0.25) is 10.0 Å². The maximum Gasteiger partial charge on any atom is 0.212 e. The fraction of sp³-hybridized carbons (Fsp3) is 0.538. The van der Waals surface area contributed by atoms with E-state index in [0.29, 0.717) is 18.0 Å². The average Bonchev–Trinajstić information content (AvgIpc) is 2.27. The third kappa shape index (κ3) is 5.06. The van der Waals surface area contributed by atoms with E-state index < -0.39 is 10.0 Å². The highest BCUT2D eigenvalue weighted by Crippen LogP contribution is 2.15. The summed E-state index contributed by atoms with van der Waals surface area (Å²) in [5.74, 6) is 0.553. The Labute approximate surface area is 110 Å². The number of nitrogen functional groups attached to an aromatic ring is 1. The Hall–Kier alpha value is -1.07. The van der Waals surface area contributed by atoms with E-state index in [1.54, 1.807) is 12.1 Å². The van der Waals surface area contributed by atoms with Crippen LogP contribution < -0.4 is 10.5 Å². The molecule has 0 spiro atoms. The molecule has 0 amide bonds. The maximum absolute atomic E-state index is 11.8. The molecule has 0 aliphatic carbocycles. The van der Waals surface area contributed by atoms with Crippen LogP contribution in [-0.2, 0) is 10.0 Å². The van der Waals surface area contributed by atoms with Gasteiger partial charge in [-0.05, 0) is 37.0 Å². The van der Waals surface area contributed by atoms with Gasteiger partial charge in [-0.2, -0.15) is 0 Å². The predicted octanol–water partition coefficient (Wildman–Crippen LogP) is 2.30. The molecule has 102 valence electrons. The number of nitrogens with one attached hydrogen (secondary N) is 1. The van der Waals surface area contributed by atoms with Crippen molar-refractivity contribution in [1.29, 1.82) is 0 Å². The molecule has 1 aromatic carbocycles. The van der Waals surface area contributed by atoms with E-state index in [0.717, 1.165) is 5.56 Å². The molecule has 0 aliphatic rings. The topological polar surface area (TPSA) is 72.2 Å². The van der Waals surface area contributed by atoms with Crippen LogP contribution in [0.15, 0.2) is 24.3 Å². The van der Waals surface area contributed by atoms with Crippen molar-refractivity contribution in [2.45, 2.75) is 33.2 Å². The first-order chi connectivity index (χ1) is 8.30. The molecule has 0 fully saturated rings. The summed E-state index contributed by atoms with van der Waals surface area (Å²) in [5, 5.41) is 0. The molecule has 4 nitrogen and oxygen atoms in total. The van der Waals surface area contributed by atoms with Crippen molar-refractivity contribution >= 4 is 15.7 Å². The molecule has 0 radical (unpaired) electrons. The molecule has 18 heavy (non-hydrogen) atoms. The van der Waals surface area contributed by atoms with Gasteiger partial charge in [0.05, 0.1) is 5.75 Å². The highest BCUT2D eigenvalue weighted by molar-refractivity contribution is 7.89. The van der Waals surface area contributed by atoms with Crippen LogP contribution in [0.2, 0.25) is 0 Å². The van der Waals surface area contributed by atoms with Crippen molar-refractivity contribution in [3.8, 4) is 0 Å². The number of nitrogens with two attached hydrogens (primary N) is 1. The van der Waals surface area contributed by atoms with Crippen LogP contribution in [0.4, 0.5) is 5.69 Å². The molecule has 0 saturated heterocycles. The molecule has 3 N–H and O–H groups in total. The van der Waals surface area contributed by atoms with Crippen molar-refractivity contribution in [3.63, 3.8) is 0 Å².